The summed E-state index contributed by atoms with van der Waals surface area (Å²) in [7, 11) is 0. The summed E-state index contributed by atoms with van der Waals surface area (Å²) in [6, 6.07) is 10.7. The molecule has 1 saturated heterocycles. The quantitative estimate of drug-likeness (QED) is 0.800. The molecule has 0 aliphatic carbocycles. The van der Waals surface area contributed by atoms with Gasteiger partial charge in [-0.15, -0.1) is 0 Å². The van der Waals surface area contributed by atoms with Crippen molar-refractivity contribution in [1.29, 1.82) is 10.5 Å². The minimum atomic E-state index is -0.0285. The van der Waals surface area contributed by atoms with Gasteiger partial charge in [0.05, 0.1) is 0 Å². The van der Waals surface area contributed by atoms with E-state index in [1.165, 1.54) is 12.5 Å². The van der Waals surface area contributed by atoms with Crippen LogP contribution in [0.3, 0.4) is 0 Å². The molecule has 5 nitrogen and oxygen atoms in total. The van der Waals surface area contributed by atoms with Gasteiger partial charge >= 0.3 is 0 Å². The maximum Gasteiger partial charge on any atom is 0.260 e. The van der Waals surface area contributed by atoms with E-state index in [2.05, 4.69) is 0 Å². The lowest BCUT2D eigenvalue weighted by Crippen LogP contribution is -2.38. The third kappa shape index (κ3) is 4.10. The molecular formula is C17H17N3O2. The van der Waals surface area contributed by atoms with Crippen LogP contribution in [0.2, 0.25) is 0 Å². The zero-order chi connectivity index (χ0) is 15.8. The van der Waals surface area contributed by atoms with Crippen LogP contribution in [0, 0.1) is 22.7 Å². The van der Waals surface area contributed by atoms with Gasteiger partial charge in [-0.2, -0.15) is 10.5 Å². The van der Waals surface area contributed by atoms with Crippen LogP contribution in [0.4, 0.5) is 0 Å². The Morgan fingerprint density at radius 2 is 1.86 bits per heavy atom. The molecule has 0 unspecified atom stereocenters. The number of carbonyl (C=O) groups is 1. The molecule has 0 N–H and O–H groups in total. The highest BCUT2D eigenvalue weighted by Gasteiger charge is 2.17. The molecule has 0 aromatic heterocycles. The second-order valence-corrected chi connectivity index (χ2v) is 5.05. The largest absolute Gasteiger partial charge is 0.483 e. The maximum atomic E-state index is 12.1. The van der Waals surface area contributed by atoms with Gasteiger partial charge in [0.25, 0.3) is 5.91 Å². The molecule has 1 aromatic rings. The van der Waals surface area contributed by atoms with E-state index in [-0.39, 0.29) is 18.1 Å². The van der Waals surface area contributed by atoms with Gasteiger partial charge in [0.15, 0.2) is 6.61 Å². The molecule has 1 aromatic carbocycles. The van der Waals surface area contributed by atoms with Crippen LogP contribution in [0.1, 0.15) is 24.8 Å². The smallest absolute Gasteiger partial charge is 0.260 e. The van der Waals surface area contributed by atoms with E-state index in [4.69, 9.17) is 15.3 Å². The number of nitrogens with zero attached hydrogens (tertiary/aromatic N) is 3. The zero-order valence-electron chi connectivity index (χ0n) is 12.3. The lowest BCUT2D eigenvalue weighted by Gasteiger charge is -2.26. The Morgan fingerprint density at radius 3 is 2.55 bits per heavy atom. The van der Waals surface area contributed by atoms with E-state index in [1.54, 1.807) is 24.3 Å². The van der Waals surface area contributed by atoms with E-state index in [0.717, 1.165) is 25.9 Å². The fourth-order valence-electron chi connectivity index (χ4n) is 2.35. The van der Waals surface area contributed by atoms with Crippen LogP contribution < -0.4 is 4.74 Å². The Balaban J connectivity index is 2.04. The lowest BCUT2D eigenvalue weighted by molar-refractivity contribution is -0.134. The number of hydrogen-bond donors (Lipinski definition) is 0. The third-order valence-corrected chi connectivity index (χ3v) is 3.52. The van der Waals surface area contributed by atoms with Crippen molar-refractivity contribution < 1.29 is 9.53 Å². The van der Waals surface area contributed by atoms with Crippen molar-refractivity contribution in [3.05, 3.63) is 35.4 Å². The monoisotopic (exact) mass is 295 g/mol. The summed E-state index contributed by atoms with van der Waals surface area (Å²) < 4.78 is 5.59. The number of ether oxygens (including phenoxy) is 1. The van der Waals surface area contributed by atoms with Gasteiger partial charge in [0, 0.05) is 18.7 Å². The predicted molar refractivity (Wildman–Crippen MR) is 81.6 cm³/mol. The Labute approximate surface area is 130 Å². The van der Waals surface area contributed by atoms with Crippen LogP contribution in [0.5, 0.6) is 5.75 Å². The molecule has 1 aliphatic heterocycles. The summed E-state index contributed by atoms with van der Waals surface area (Å²) in [5.41, 5.74) is 0.616. The maximum absolute atomic E-state index is 12.1. The summed E-state index contributed by atoms with van der Waals surface area (Å²) >= 11 is 0. The Bertz CT molecular complexity index is 631. The summed E-state index contributed by atoms with van der Waals surface area (Å²) in [6.07, 6.45) is 4.71. The van der Waals surface area contributed by atoms with Crippen molar-refractivity contribution >= 4 is 12.0 Å². The van der Waals surface area contributed by atoms with E-state index >= 15 is 0 Å². The first-order chi connectivity index (χ1) is 10.7. The second kappa shape index (κ2) is 7.85. The number of likely N-dealkylation sites (tertiary alicyclic amines) is 1. The first-order valence-corrected chi connectivity index (χ1v) is 7.26. The normalized spacial score (nSPS) is 13.6. The Morgan fingerprint density at radius 1 is 1.18 bits per heavy atom. The van der Waals surface area contributed by atoms with Crippen molar-refractivity contribution in [2.24, 2.45) is 0 Å². The zero-order valence-corrected chi connectivity index (χ0v) is 12.3. The highest BCUT2D eigenvalue weighted by Crippen LogP contribution is 2.21. The summed E-state index contributed by atoms with van der Waals surface area (Å²) in [4.78, 5) is 13.9. The molecule has 1 amide bonds. The molecule has 0 spiro atoms. The van der Waals surface area contributed by atoms with Gasteiger partial charge in [0.2, 0.25) is 0 Å². The van der Waals surface area contributed by atoms with Gasteiger partial charge in [-0.05, 0) is 31.4 Å². The molecule has 112 valence electrons. The summed E-state index contributed by atoms with van der Waals surface area (Å²) in [6.45, 7) is 1.55. The first-order valence-electron chi connectivity index (χ1n) is 7.26. The number of carbonyl (C=O) groups excluding carboxylic acids is 1. The van der Waals surface area contributed by atoms with E-state index in [9.17, 15) is 4.79 Å². The van der Waals surface area contributed by atoms with Crippen LogP contribution in [0.15, 0.2) is 29.8 Å². The lowest BCUT2D eigenvalue weighted by atomic mass is 10.1. The van der Waals surface area contributed by atoms with Crippen LogP contribution >= 0.6 is 0 Å². The molecule has 1 heterocycles. The highest BCUT2D eigenvalue weighted by atomic mass is 16.5. The molecule has 1 fully saturated rings. The van der Waals surface area contributed by atoms with Crippen LogP contribution in [0.25, 0.3) is 6.08 Å². The number of nitriles is 2. The number of para-hydroxylation sites is 1. The fourth-order valence-corrected chi connectivity index (χ4v) is 2.35. The van der Waals surface area contributed by atoms with Gasteiger partial charge in [-0.1, -0.05) is 18.2 Å². The van der Waals surface area contributed by atoms with Gasteiger partial charge in [0.1, 0.15) is 23.5 Å². The minimum absolute atomic E-state index is 0.00147. The third-order valence-electron chi connectivity index (χ3n) is 3.52. The van der Waals surface area contributed by atoms with Crippen LogP contribution in [-0.2, 0) is 4.79 Å². The number of rotatable bonds is 4. The standard InChI is InChI=1S/C17H17N3O2/c18-11-14(12-19)10-15-6-2-3-7-16(15)22-13-17(21)20-8-4-1-5-9-20/h2-3,6-7,10H,1,4-5,8-9,13H2. The molecule has 0 bridgehead atoms. The summed E-state index contributed by atoms with van der Waals surface area (Å²) in [5, 5.41) is 17.6. The second-order valence-electron chi connectivity index (χ2n) is 5.05. The number of amides is 1. The van der Waals surface area contributed by atoms with Gasteiger partial charge in [-0.3, -0.25) is 4.79 Å². The molecule has 1 aliphatic rings. The number of hydrogen-bond acceptors (Lipinski definition) is 4. The molecule has 2 rings (SSSR count). The predicted octanol–water partition coefficient (Wildman–Crippen LogP) is 2.51. The minimum Gasteiger partial charge on any atom is -0.483 e. The molecule has 0 radical (unpaired) electrons. The Kier molecular flexibility index (Phi) is 5.57. The van der Waals surface area contributed by atoms with Crippen molar-refractivity contribution in [2.45, 2.75) is 19.3 Å². The average molecular weight is 295 g/mol. The fraction of sp³-hybridized carbons (Fsp3) is 0.353. The number of piperidine rings is 1. The van der Waals surface area contributed by atoms with Crippen molar-refractivity contribution in [3.8, 4) is 17.9 Å². The van der Waals surface area contributed by atoms with Crippen molar-refractivity contribution in [1.82, 2.24) is 4.90 Å². The Hall–Kier alpha value is -2.79. The molecule has 22 heavy (non-hydrogen) atoms. The topological polar surface area (TPSA) is 77.1 Å². The van der Waals surface area contributed by atoms with Crippen molar-refractivity contribution in [2.75, 3.05) is 19.7 Å². The van der Waals surface area contributed by atoms with E-state index in [0.29, 0.717) is 11.3 Å². The number of allylic oxidation sites excluding steroid dienone is 1. The highest BCUT2D eigenvalue weighted by molar-refractivity contribution is 5.78. The molecule has 5 heteroatoms. The molecular weight excluding hydrogens is 278 g/mol. The van der Waals surface area contributed by atoms with Crippen molar-refractivity contribution in [3.63, 3.8) is 0 Å². The SMILES string of the molecule is N#CC(C#N)=Cc1ccccc1OCC(=O)N1CCCCC1. The van der Waals surface area contributed by atoms with Gasteiger partial charge < -0.3 is 9.64 Å². The average Bonchev–Trinajstić information content (AvgIpc) is 2.59. The summed E-state index contributed by atoms with van der Waals surface area (Å²) in [5.74, 6) is 0.468. The molecule has 0 atom stereocenters. The first kappa shape index (κ1) is 15.6. The van der Waals surface area contributed by atoms with E-state index in [1.807, 2.05) is 17.0 Å². The number of benzene rings is 1. The molecule has 0 saturated carbocycles. The van der Waals surface area contributed by atoms with Gasteiger partial charge in [-0.25, -0.2) is 0 Å². The van der Waals surface area contributed by atoms with Crippen LogP contribution in [-0.4, -0.2) is 30.5 Å². The van der Waals surface area contributed by atoms with E-state index < -0.39 is 0 Å².